The van der Waals surface area contributed by atoms with E-state index in [1.807, 2.05) is 0 Å². The van der Waals surface area contributed by atoms with Crippen LogP contribution in [0.15, 0.2) is 18.2 Å². The quantitative estimate of drug-likeness (QED) is 0.822. The van der Waals surface area contributed by atoms with Gasteiger partial charge >= 0.3 is 5.97 Å². The van der Waals surface area contributed by atoms with Crippen LogP contribution in [0.1, 0.15) is 18.4 Å². The predicted molar refractivity (Wildman–Crippen MR) is 59.1 cm³/mol. The third-order valence-corrected chi connectivity index (χ3v) is 2.46. The van der Waals surface area contributed by atoms with Gasteiger partial charge in [-0.05, 0) is 24.6 Å². The molecule has 0 aliphatic rings. The summed E-state index contributed by atoms with van der Waals surface area (Å²) in [5.41, 5.74) is 0.353. The number of hydrogen-bond donors (Lipinski definition) is 1. The number of carboxylic acids is 1. The van der Waals surface area contributed by atoms with Crippen molar-refractivity contribution in [3.8, 4) is 5.75 Å². The standard InChI is InChI=1S/C11H11ClO4/c1-6(13)10(11(14)15)7-3-4-9(16-2)8(12)5-7/h3-5,10H,1-2H3,(H,14,15). The van der Waals surface area contributed by atoms with E-state index < -0.39 is 17.7 Å². The number of benzene rings is 1. The van der Waals surface area contributed by atoms with E-state index in [1.165, 1.54) is 32.2 Å². The van der Waals surface area contributed by atoms with Gasteiger partial charge in [0.2, 0.25) is 0 Å². The number of carbonyl (C=O) groups excluding carboxylic acids is 1. The Morgan fingerprint density at radius 1 is 1.44 bits per heavy atom. The first-order valence-electron chi connectivity index (χ1n) is 4.54. The van der Waals surface area contributed by atoms with E-state index in [4.69, 9.17) is 21.4 Å². The van der Waals surface area contributed by atoms with Crippen molar-refractivity contribution in [2.75, 3.05) is 7.11 Å². The fraction of sp³-hybridized carbons (Fsp3) is 0.273. The number of ether oxygens (including phenoxy) is 1. The first-order chi connectivity index (χ1) is 7.47. The molecule has 0 saturated heterocycles. The first-order valence-corrected chi connectivity index (χ1v) is 4.92. The number of carboxylic acid groups (broad SMARTS) is 1. The lowest BCUT2D eigenvalue weighted by atomic mass is 9.95. The van der Waals surface area contributed by atoms with E-state index in [9.17, 15) is 9.59 Å². The molecule has 5 heteroatoms. The highest BCUT2D eigenvalue weighted by molar-refractivity contribution is 6.32. The van der Waals surface area contributed by atoms with Crippen LogP contribution in [0, 0.1) is 0 Å². The lowest BCUT2D eigenvalue weighted by molar-refractivity contribution is -0.142. The van der Waals surface area contributed by atoms with E-state index >= 15 is 0 Å². The molecule has 1 N–H and O–H groups in total. The average Bonchev–Trinajstić information content (AvgIpc) is 2.16. The van der Waals surface area contributed by atoms with Gasteiger partial charge in [0.15, 0.2) is 0 Å². The highest BCUT2D eigenvalue weighted by Gasteiger charge is 2.25. The molecule has 1 aromatic rings. The number of hydrogen-bond acceptors (Lipinski definition) is 3. The Labute approximate surface area is 97.8 Å². The molecule has 1 rings (SSSR count). The molecule has 1 atom stereocenters. The molecule has 0 aliphatic heterocycles. The molecule has 0 fully saturated rings. The van der Waals surface area contributed by atoms with Gasteiger partial charge in [-0.1, -0.05) is 17.7 Å². The van der Waals surface area contributed by atoms with Crippen LogP contribution in [0.25, 0.3) is 0 Å². The molecule has 4 nitrogen and oxygen atoms in total. The Balaban J connectivity index is 3.17. The maximum Gasteiger partial charge on any atom is 0.318 e. The number of methoxy groups -OCH3 is 1. The highest BCUT2D eigenvalue weighted by Crippen LogP contribution is 2.28. The van der Waals surface area contributed by atoms with Gasteiger partial charge in [0.25, 0.3) is 0 Å². The lowest BCUT2D eigenvalue weighted by Gasteiger charge is -2.11. The molecular weight excluding hydrogens is 232 g/mol. The van der Waals surface area contributed by atoms with Crippen molar-refractivity contribution in [1.29, 1.82) is 0 Å². The Bertz CT molecular complexity index is 414. The molecule has 1 aromatic carbocycles. The molecule has 0 aromatic heterocycles. The molecule has 0 saturated carbocycles. The fourth-order valence-electron chi connectivity index (χ4n) is 1.41. The van der Waals surface area contributed by atoms with Gasteiger partial charge in [0.05, 0.1) is 12.1 Å². The Morgan fingerprint density at radius 2 is 2.06 bits per heavy atom. The second-order valence-electron chi connectivity index (χ2n) is 3.28. The van der Waals surface area contributed by atoms with Crippen molar-refractivity contribution >= 4 is 23.4 Å². The normalized spacial score (nSPS) is 11.9. The summed E-state index contributed by atoms with van der Waals surface area (Å²) in [7, 11) is 1.46. The number of halogens is 1. The maximum atomic E-state index is 11.2. The zero-order chi connectivity index (χ0) is 12.3. The molecule has 0 aliphatic carbocycles. The Hall–Kier alpha value is -1.55. The predicted octanol–water partition coefficient (Wildman–Crippen LogP) is 2.11. The van der Waals surface area contributed by atoms with E-state index in [-0.39, 0.29) is 5.02 Å². The van der Waals surface area contributed by atoms with Crippen LogP contribution in [0.5, 0.6) is 5.75 Å². The van der Waals surface area contributed by atoms with Crippen molar-refractivity contribution in [2.45, 2.75) is 12.8 Å². The van der Waals surface area contributed by atoms with Gasteiger partial charge in [-0.3, -0.25) is 9.59 Å². The highest BCUT2D eigenvalue weighted by atomic mass is 35.5. The molecule has 0 spiro atoms. The molecule has 86 valence electrons. The van der Waals surface area contributed by atoms with Crippen LogP contribution in [-0.4, -0.2) is 24.0 Å². The summed E-state index contributed by atoms with van der Waals surface area (Å²) in [6.45, 7) is 1.23. The number of Topliss-reactive ketones (excluding diaryl/α,β-unsaturated/α-hetero) is 1. The SMILES string of the molecule is COc1ccc(C(C(C)=O)C(=O)O)cc1Cl. The number of carbonyl (C=O) groups is 2. The lowest BCUT2D eigenvalue weighted by Crippen LogP contribution is -2.19. The number of aliphatic carboxylic acids is 1. The largest absolute Gasteiger partial charge is 0.495 e. The molecule has 0 bridgehead atoms. The van der Waals surface area contributed by atoms with Gasteiger partial charge in [0, 0.05) is 0 Å². The van der Waals surface area contributed by atoms with Gasteiger partial charge in [-0.15, -0.1) is 0 Å². The van der Waals surface area contributed by atoms with Gasteiger partial charge < -0.3 is 9.84 Å². The monoisotopic (exact) mass is 242 g/mol. The zero-order valence-corrected chi connectivity index (χ0v) is 9.62. The molecule has 1 unspecified atom stereocenters. The molecular formula is C11H11ClO4. The van der Waals surface area contributed by atoms with Gasteiger partial charge in [-0.2, -0.15) is 0 Å². The van der Waals surface area contributed by atoms with Crippen LogP contribution in [-0.2, 0) is 9.59 Å². The minimum atomic E-state index is -1.19. The van der Waals surface area contributed by atoms with Crippen molar-refractivity contribution in [1.82, 2.24) is 0 Å². The Kier molecular flexibility index (Phi) is 3.90. The maximum absolute atomic E-state index is 11.2. The first kappa shape index (κ1) is 12.5. The van der Waals surface area contributed by atoms with Crippen LogP contribution >= 0.6 is 11.6 Å². The van der Waals surface area contributed by atoms with Crippen LogP contribution in [0.3, 0.4) is 0 Å². The van der Waals surface area contributed by atoms with Crippen LogP contribution in [0.2, 0.25) is 5.02 Å². The van der Waals surface area contributed by atoms with Crippen LogP contribution in [0.4, 0.5) is 0 Å². The van der Waals surface area contributed by atoms with Gasteiger partial charge in [0.1, 0.15) is 17.5 Å². The topological polar surface area (TPSA) is 63.6 Å². The van der Waals surface area contributed by atoms with Gasteiger partial charge in [-0.25, -0.2) is 0 Å². The minimum Gasteiger partial charge on any atom is -0.495 e. The minimum absolute atomic E-state index is 0.285. The second kappa shape index (κ2) is 4.99. The number of rotatable bonds is 4. The average molecular weight is 243 g/mol. The van der Waals surface area contributed by atoms with E-state index in [0.717, 1.165) is 0 Å². The Morgan fingerprint density at radius 3 is 2.44 bits per heavy atom. The summed E-state index contributed by atoms with van der Waals surface area (Å²) in [4.78, 5) is 22.1. The molecule has 0 heterocycles. The van der Waals surface area contributed by atoms with E-state index in [2.05, 4.69) is 0 Å². The summed E-state index contributed by atoms with van der Waals surface area (Å²) in [5, 5.41) is 9.20. The zero-order valence-electron chi connectivity index (χ0n) is 8.86. The summed E-state index contributed by atoms with van der Waals surface area (Å²) >= 11 is 5.85. The molecule has 0 amide bonds. The summed E-state index contributed by atoms with van der Waals surface area (Å²) < 4.78 is 4.94. The summed E-state index contributed by atoms with van der Waals surface area (Å²) in [6, 6.07) is 4.49. The van der Waals surface area contributed by atoms with Crippen molar-refractivity contribution in [3.05, 3.63) is 28.8 Å². The molecule has 0 radical (unpaired) electrons. The summed E-state index contributed by atoms with van der Waals surface area (Å²) in [6.07, 6.45) is 0. The second-order valence-corrected chi connectivity index (χ2v) is 3.68. The number of ketones is 1. The summed E-state index contributed by atoms with van der Waals surface area (Å²) in [5.74, 6) is -2.36. The van der Waals surface area contributed by atoms with E-state index in [1.54, 1.807) is 0 Å². The third-order valence-electron chi connectivity index (χ3n) is 2.16. The van der Waals surface area contributed by atoms with Crippen molar-refractivity contribution in [2.24, 2.45) is 0 Å². The van der Waals surface area contributed by atoms with Crippen molar-refractivity contribution < 1.29 is 19.4 Å². The van der Waals surface area contributed by atoms with Crippen molar-refractivity contribution in [3.63, 3.8) is 0 Å². The smallest absolute Gasteiger partial charge is 0.318 e. The molecule has 16 heavy (non-hydrogen) atoms. The van der Waals surface area contributed by atoms with Crippen LogP contribution < -0.4 is 4.74 Å². The van der Waals surface area contributed by atoms with E-state index in [0.29, 0.717) is 11.3 Å². The third kappa shape index (κ3) is 2.52. The fourth-order valence-corrected chi connectivity index (χ4v) is 1.68.